The molecule has 4 unspecified atom stereocenters. The monoisotopic (exact) mass is 441 g/mol. The van der Waals surface area contributed by atoms with E-state index in [2.05, 4.69) is 10.6 Å². The molecular formula is C24H31N3O3S. The van der Waals surface area contributed by atoms with Crippen molar-refractivity contribution in [1.29, 1.82) is 0 Å². The minimum Gasteiger partial charge on any atom is -0.352 e. The number of aryl methyl sites for hydroxylation is 1. The molecule has 1 fully saturated rings. The third-order valence-electron chi connectivity index (χ3n) is 5.83. The van der Waals surface area contributed by atoms with Gasteiger partial charge in [-0.1, -0.05) is 30.7 Å². The number of hydrogen-bond acceptors (Lipinski definition) is 4. The van der Waals surface area contributed by atoms with Crippen LogP contribution < -0.4 is 15.5 Å². The first-order valence-corrected chi connectivity index (χ1v) is 11.7. The van der Waals surface area contributed by atoms with E-state index in [1.54, 1.807) is 11.8 Å². The molecule has 0 radical (unpaired) electrons. The summed E-state index contributed by atoms with van der Waals surface area (Å²) in [4.78, 5) is 41.4. The van der Waals surface area contributed by atoms with Gasteiger partial charge in [0.15, 0.2) is 0 Å². The van der Waals surface area contributed by atoms with E-state index in [-0.39, 0.29) is 23.8 Å². The number of carbonyl (C=O) groups excluding carboxylic acids is 3. The largest absolute Gasteiger partial charge is 0.352 e. The highest BCUT2D eigenvalue weighted by molar-refractivity contribution is 7.10. The van der Waals surface area contributed by atoms with Gasteiger partial charge in [0.2, 0.25) is 17.7 Å². The smallest absolute Gasteiger partial charge is 0.242 e. The Labute approximate surface area is 188 Å². The fourth-order valence-electron chi connectivity index (χ4n) is 3.82. The molecule has 1 aliphatic heterocycles. The van der Waals surface area contributed by atoms with Crippen molar-refractivity contribution >= 4 is 34.7 Å². The summed E-state index contributed by atoms with van der Waals surface area (Å²) in [5.74, 6) is -0.821. The molecule has 2 heterocycles. The molecule has 1 aromatic heterocycles. The third kappa shape index (κ3) is 5.34. The van der Waals surface area contributed by atoms with Crippen molar-refractivity contribution in [3.05, 3.63) is 52.2 Å². The Morgan fingerprint density at radius 1 is 1.16 bits per heavy atom. The zero-order valence-electron chi connectivity index (χ0n) is 18.6. The highest BCUT2D eigenvalue weighted by Crippen LogP contribution is 2.41. The van der Waals surface area contributed by atoms with E-state index in [1.807, 2.05) is 62.5 Å². The number of amides is 3. The van der Waals surface area contributed by atoms with E-state index >= 15 is 0 Å². The van der Waals surface area contributed by atoms with Gasteiger partial charge in [0, 0.05) is 23.0 Å². The van der Waals surface area contributed by atoms with Gasteiger partial charge in [-0.25, -0.2) is 0 Å². The molecular weight excluding hydrogens is 410 g/mol. The number of thiophene rings is 1. The van der Waals surface area contributed by atoms with Gasteiger partial charge >= 0.3 is 0 Å². The maximum Gasteiger partial charge on any atom is 0.242 e. The first-order chi connectivity index (χ1) is 14.8. The number of hydrogen-bond donors (Lipinski definition) is 2. The first kappa shape index (κ1) is 23.0. The van der Waals surface area contributed by atoms with Crippen LogP contribution in [-0.4, -0.2) is 29.8 Å². The molecule has 6 nitrogen and oxygen atoms in total. The van der Waals surface area contributed by atoms with Gasteiger partial charge in [-0.2, -0.15) is 0 Å². The van der Waals surface area contributed by atoms with Gasteiger partial charge < -0.3 is 15.5 Å². The number of nitrogens with zero attached hydrogens (tertiary/aromatic N) is 1. The molecule has 7 heteroatoms. The van der Waals surface area contributed by atoms with Crippen molar-refractivity contribution < 1.29 is 14.4 Å². The van der Waals surface area contributed by atoms with Crippen LogP contribution >= 0.6 is 11.3 Å². The fourth-order valence-corrected chi connectivity index (χ4v) is 4.70. The Morgan fingerprint density at radius 3 is 2.48 bits per heavy atom. The maximum atomic E-state index is 13.3. The van der Waals surface area contributed by atoms with Crippen LogP contribution in [0.25, 0.3) is 0 Å². The standard InChI is InChI=1S/C24H31N3O3S/c1-5-16(3)25-23(29)17(4)26-24(30)19-12-13-21(28)27(18-10-8-15(2)9-11-18)22(19)20-7-6-14-31-20/h6-11,14,16-17,19,22H,5,12-13H2,1-4H3,(H,25,29)(H,26,30). The van der Waals surface area contributed by atoms with E-state index in [0.717, 1.165) is 22.5 Å². The molecule has 0 saturated carbocycles. The SMILES string of the molecule is CCC(C)NC(=O)C(C)NC(=O)C1CCC(=O)N(c2ccc(C)cc2)C1c1cccs1. The van der Waals surface area contributed by atoms with Crippen molar-refractivity contribution in [3.63, 3.8) is 0 Å². The molecule has 166 valence electrons. The normalized spacial score (nSPS) is 20.8. The molecule has 1 aromatic carbocycles. The van der Waals surface area contributed by atoms with Gasteiger partial charge in [-0.15, -0.1) is 11.3 Å². The summed E-state index contributed by atoms with van der Waals surface area (Å²) in [5, 5.41) is 7.75. The third-order valence-corrected chi connectivity index (χ3v) is 6.78. The summed E-state index contributed by atoms with van der Waals surface area (Å²) in [6, 6.07) is 10.7. The van der Waals surface area contributed by atoms with Crippen LogP contribution in [-0.2, 0) is 14.4 Å². The van der Waals surface area contributed by atoms with E-state index in [9.17, 15) is 14.4 Å². The minimum absolute atomic E-state index is 0.00821. The van der Waals surface area contributed by atoms with Crippen LogP contribution in [0.15, 0.2) is 41.8 Å². The van der Waals surface area contributed by atoms with Gasteiger partial charge in [0.25, 0.3) is 0 Å². The van der Waals surface area contributed by atoms with Gasteiger partial charge in [-0.3, -0.25) is 14.4 Å². The average Bonchev–Trinajstić information content (AvgIpc) is 3.28. The Kier molecular flexibility index (Phi) is 7.49. The molecule has 0 bridgehead atoms. The molecule has 1 aliphatic rings. The van der Waals surface area contributed by atoms with Crippen LogP contribution in [0.3, 0.4) is 0 Å². The van der Waals surface area contributed by atoms with Gasteiger partial charge in [0.05, 0.1) is 12.0 Å². The molecule has 0 spiro atoms. The first-order valence-electron chi connectivity index (χ1n) is 10.8. The number of benzene rings is 1. The molecule has 2 N–H and O–H groups in total. The Hall–Kier alpha value is -2.67. The zero-order chi connectivity index (χ0) is 22.5. The summed E-state index contributed by atoms with van der Waals surface area (Å²) in [6.07, 6.45) is 1.57. The van der Waals surface area contributed by atoms with E-state index in [4.69, 9.17) is 0 Å². The highest BCUT2D eigenvalue weighted by atomic mass is 32.1. The van der Waals surface area contributed by atoms with Crippen molar-refractivity contribution in [2.24, 2.45) is 5.92 Å². The van der Waals surface area contributed by atoms with Crippen molar-refractivity contribution in [3.8, 4) is 0 Å². The van der Waals surface area contributed by atoms with Gasteiger partial charge in [-0.05, 0) is 57.2 Å². The highest BCUT2D eigenvalue weighted by Gasteiger charge is 2.42. The van der Waals surface area contributed by atoms with Crippen LogP contribution in [0.1, 0.15) is 56.5 Å². The number of carbonyl (C=O) groups is 3. The van der Waals surface area contributed by atoms with Crippen LogP contribution in [0, 0.1) is 12.8 Å². The fraction of sp³-hybridized carbons (Fsp3) is 0.458. The number of rotatable bonds is 7. The number of piperidine rings is 1. The predicted octanol–water partition coefficient (Wildman–Crippen LogP) is 3.96. The lowest BCUT2D eigenvalue weighted by atomic mass is 9.86. The van der Waals surface area contributed by atoms with Crippen LogP contribution in [0.4, 0.5) is 5.69 Å². The van der Waals surface area contributed by atoms with Crippen molar-refractivity contribution in [1.82, 2.24) is 10.6 Å². The lowest BCUT2D eigenvalue weighted by Crippen LogP contribution is -2.52. The average molecular weight is 442 g/mol. The quantitative estimate of drug-likeness (QED) is 0.683. The number of nitrogens with one attached hydrogen (secondary N) is 2. The lowest BCUT2D eigenvalue weighted by Gasteiger charge is -2.40. The Morgan fingerprint density at radius 2 is 1.87 bits per heavy atom. The lowest BCUT2D eigenvalue weighted by molar-refractivity contribution is -0.133. The minimum atomic E-state index is -0.643. The van der Waals surface area contributed by atoms with E-state index in [0.29, 0.717) is 12.8 Å². The summed E-state index contributed by atoms with van der Waals surface area (Å²) >= 11 is 1.54. The maximum absolute atomic E-state index is 13.3. The second-order valence-corrected chi connectivity index (χ2v) is 9.23. The predicted molar refractivity (Wildman–Crippen MR) is 124 cm³/mol. The molecule has 4 atom stereocenters. The van der Waals surface area contributed by atoms with Crippen LogP contribution in [0.5, 0.6) is 0 Å². The van der Waals surface area contributed by atoms with E-state index < -0.39 is 18.0 Å². The summed E-state index contributed by atoms with van der Waals surface area (Å²) < 4.78 is 0. The number of anilines is 1. The summed E-state index contributed by atoms with van der Waals surface area (Å²) in [6.45, 7) is 7.63. The van der Waals surface area contributed by atoms with Crippen molar-refractivity contribution in [2.75, 3.05) is 4.90 Å². The van der Waals surface area contributed by atoms with Crippen molar-refractivity contribution in [2.45, 2.75) is 65.1 Å². The molecule has 0 aliphatic carbocycles. The molecule has 2 aromatic rings. The second-order valence-electron chi connectivity index (χ2n) is 8.25. The van der Waals surface area contributed by atoms with Crippen LogP contribution in [0.2, 0.25) is 0 Å². The Balaban J connectivity index is 1.86. The molecule has 3 amide bonds. The Bertz CT molecular complexity index is 911. The van der Waals surface area contributed by atoms with Gasteiger partial charge in [0.1, 0.15) is 6.04 Å². The second kappa shape index (κ2) is 10.1. The molecule has 31 heavy (non-hydrogen) atoms. The van der Waals surface area contributed by atoms with E-state index in [1.165, 1.54) is 11.3 Å². The molecule has 3 rings (SSSR count). The topological polar surface area (TPSA) is 78.5 Å². The molecule has 1 saturated heterocycles. The summed E-state index contributed by atoms with van der Waals surface area (Å²) in [5.41, 5.74) is 1.89. The summed E-state index contributed by atoms with van der Waals surface area (Å²) in [7, 11) is 0. The zero-order valence-corrected chi connectivity index (χ0v) is 19.4.